The first-order chi connectivity index (χ1) is 9.19. The van der Waals surface area contributed by atoms with Gasteiger partial charge in [-0.1, -0.05) is 0 Å². The van der Waals surface area contributed by atoms with Crippen LogP contribution in [0.2, 0.25) is 0 Å². The van der Waals surface area contributed by atoms with Crippen LogP contribution in [0, 0.1) is 0 Å². The van der Waals surface area contributed by atoms with Crippen LogP contribution >= 0.6 is 11.3 Å². The number of carbonyl (C=O) groups excluding carboxylic acids is 2. The molecule has 1 heterocycles. The molecule has 0 aliphatic carbocycles. The average molecular weight is 296 g/mol. The minimum Gasteiger partial charge on any atom is -0.458 e. The van der Waals surface area contributed by atoms with Gasteiger partial charge in [0.25, 0.3) is 0 Å². The summed E-state index contributed by atoms with van der Waals surface area (Å²) in [6.07, 6.45) is 1.04. The van der Waals surface area contributed by atoms with Crippen LogP contribution in [0.1, 0.15) is 40.2 Å². The van der Waals surface area contributed by atoms with Gasteiger partial charge in [0.2, 0.25) is 0 Å². The van der Waals surface area contributed by atoms with Crippen molar-refractivity contribution in [2.24, 2.45) is 0 Å². The summed E-state index contributed by atoms with van der Waals surface area (Å²) in [5.41, 5.74) is 0.615. The fourth-order valence-electron chi connectivity index (χ4n) is 1.53. The molecule has 0 unspecified atom stereocenters. The Morgan fingerprint density at radius 2 is 2.00 bits per heavy atom. The zero-order valence-corrected chi connectivity index (χ0v) is 13.2. The first-order valence-electron chi connectivity index (χ1n) is 6.33. The Labute approximate surface area is 123 Å². The Balaban J connectivity index is 3.01. The quantitative estimate of drug-likeness (QED) is 0.631. The predicted molar refractivity (Wildman–Crippen MR) is 79.4 cm³/mol. The van der Waals surface area contributed by atoms with E-state index in [1.54, 1.807) is 33.8 Å². The van der Waals surface area contributed by atoms with Crippen LogP contribution in [-0.2, 0) is 19.1 Å². The first kappa shape index (κ1) is 16.4. The van der Waals surface area contributed by atoms with Gasteiger partial charge < -0.3 is 9.47 Å². The third kappa shape index (κ3) is 5.57. The second-order valence-electron chi connectivity index (χ2n) is 5.41. The standard InChI is InChI=1S/C15H20O4S/c1-10(18-11(2)16)13(8-12-6-7-20-9-12)14(17)19-15(3,4)5/h6-10H,1-5H3/b13-8-/t10-/m1/s1. The summed E-state index contributed by atoms with van der Waals surface area (Å²) < 4.78 is 10.4. The van der Waals surface area contributed by atoms with Crippen molar-refractivity contribution in [1.29, 1.82) is 0 Å². The molecule has 1 atom stereocenters. The van der Waals surface area contributed by atoms with E-state index in [2.05, 4.69) is 0 Å². The number of carbonyl (C=O) groups is 2. The topological polar surface area (TPSA) is 52.6 Å². The first-order valence-corrected chi connectivity index (χ1v) is 7.27. The molecule has 4 nitrogen and oxygen atoms in total. The van der Waals surface area contributed by atoms with Crippen LogP contribution in [0.25, 0.3) is 6.08 Å². The van der Waals surface area contributed by atoms with Gasteiger partial charge in [-0.05, 0) is 56.2 Å². The maximum atomic E-state index is 12.2. The largest absolute Gasteiger partial charge is 0.458 e. The van der Waals surface area contributed by atoms with E-state index in [4.69, 9.17) is 9.47 Å². The number of thiophene rings is 1. The van der Waals surface area contributed by atoms with Gasteiger partial charge in [-0.3, -0.25) is 4.79 Å². The lowest BCUT2D eigenvalue weighted by Crippen LogP contribution is -2.29. The minimum atomic E-state index is -0.651. The molecule has 0 aliphatic rings. The van der Waals surface area contributed by atoms with E-state index in [9.17, 15) is 9.59 Å². The highest BCUT2D eigenvalue weighted by atomic mass is 32.1. The van der Waals surface area contributed by atoms with E-state index in [0.717, 1.165) is 5.56 Å². The second-order valence-corrected chi connectivity index (χ2v) is 6.19. The third-order valence-electron chi connectivity index (χ3n) is 2.28. The lowest BCUT2D eigenvalue weighted by molar-refractivity contribution is -0.153. The third-order valence-corrected chi connectivity index (χ3v) is 2.98. The van der Waals surface area contributed by atoms with Crippen molar-refractivity contribution < 1.29 is 19.1 Å². The van der Waals surface area contributed by atoms with E-state index in [0.29, 0.717) is 5.57 Å². The number of esters is 2. The molecule has 0 aliphatic heterocycles. The molecule has 110 valence electrons. The smallest absolute Gasteiger partial charge is 0.338 e. The summed E-state index contributed by atoms with van der Waals surface area (Å²) in [4.78, 5) is 23.3. The maximum Gasteiger partial charge on any atom is 0.338 e. The molecule has 1 aromatic rings. The molecule has 0 bridgehead atoms. The lowest BCUT2D eigenvalue weighted by atomic mass is 10.1. The average Bonchev–Trinajstić information content (AvgIpc) is 2.74. The van der Waals surface area contributed by atoms with Crippen LogP contribution in [0.4, 0.5) is 0 Å². The molecular weight excluding hydrogens is 276 g/mol. The lowest BCUT2D eigenvalue weighted by Gasteiger charge is -2.22. The van der Waals surface area contributed by atoms with Crippen LogP contribution in [0.5, 0.6) is 0 Å². The molecule has 0 fully saturated rings. The summed E-state index contributed by atoms with van der Waals surface area (Å²) in [5, 5.41) is 3.82. The SMILES string of the molecule is CC(=O)O[C@H](C)/C(=C/c1ccsc1)C(=O)OC(C)(C)C. The van der Waals surface area contributed by atoms with E-state index >= 15 is 0 Å². The van der Waals surface area contributed by atoms with E-state index < -0.39 is 23.6 Å². The monoisotopic (exact) mass is 296 g/mol. The summed E-state index contributed by atoms with van der Waals surface area (Å²) in [6.45, 7) is 8.36. The highest BCUT2D eigenvalue weighted by Gasteiger charge is 2.25. The van der Waals surface area contributed by atoms with Crippen molar-refractivity contribution >= 4 is 29.4 Å². The van der Waals surface area contributed by atoms with Gasteiger partial charge in [0.05, 0.1) is 5.57 Å². The molecule has 0 saturated heterocycles. The van der Waals surface area contributed by atoms with Crippen molar-refractivity contribution in [3.8, 4) is 0 Å². The summed E-state index contributed by atoms with van der Waals surface area (Å²) in [5.74, 6) is -0.908. The number of rotatable bonds is 4. The molecule has 0 saturated carbocycles. The van der Waals surface area contributed by atoms with Crippen LogP contribution in [0.3, 0.4) is 0 Å². The Morgan fingerprint density at radius 1 is 1.35 bits per heavy atom. The number of ether oxygens (including phenoxy) is 2. The normalized spacial score (nSPS) is 13.8. The number of hydrogen-bond acceptors (Lipinski definition) is 5. The molecule has 0 radical (unpaired) electrons. The van der Waals surface area contributed by atoms with Gasteiger partial charge in [-0.2, -0.15) is 11.3 Å². The van der Waals surface area contributed by atoms with Gasteiger partial charge in [-0.15, -0.1) is 0 Å². The van der Waals surface area contributed by atoms with Crippen LogP contribution in [0.15, 0.2) is 22.4 Å². The Bertz CT molecular complexity index is 494. The zero-order chi connectivity index (χ0) is 15.3. The van der Waals surface area contributed by atoms with Gasteiger partial charge in [0.15, 0.2) is 0 Å². The molecule has 0 amide bonds. The molecule has 1 aromatic heterocycles. The highest BCUT2D eigenvalue weighted by molar-refractivity contribution is 7.08. The fraction of sp³-hybridized carbons (Fsp3) is 0.467. The molecule has 5 heteroatoms. The number of hydrogen-bond donors (Lipinski definition) is 0. The van der Waals surface area contributed by atoms with Gasteiger partial charge >= 0.3 is 11.9 Å². The minimum absolute atomic E-state index is 0.327. The van der Waals surface area contributed by atoms with Crippen LogP contribution in [-0.4, -0.2) is 23.6 Å². The zero-order valence-electron chi connectivity index (χ0n) is 12.4. The molecule has 0 N–H and O–H groups in total. The van der Waals surface area contributed by atoms with Gasteiger partial charge in [-0.25, -0.2) is 4.79 Å². The van der Waals surface area contributed by atoms with Crippen molar-refractivity contribution in [1.82, 2.24) is 0 Å². The molecular formula is C15H20O4S. The van der Waals surface area contributed by atoms with Crippen molar-refractivity contribution in [2.45, 2.75) is 46.3 Å². The molecule has 0 aromatic carbocycles. The van der Waals surface area contributed by atoms with Crippen molar-refractivity contribution in [3.63, 3.8) is 0 Å². The van der Waals surface area contributed by atoms with Crippen LogP contribution < -0.4 is 0 Å². The van der Waals surface area contributed by atoms with Crippen molar-refractivity contribution in [2.75, 3.05) is 0 Å². The Hall–Kier alpha value is -1.62. The molecule has 20 heavy (non-hydrogen) atoms. The Morgan fingerprint density at radius 3 is 2.45 bits per heavy atom. The van der Waals surface area contributed by atoms with E-state index in [1.165, 1.54) is 18.3 Å². The van der Waals surface area contributed by atoms with E-state index in [1.807, 2.05) is 16.8 Å². The maximum absolute atomic E-state index is 12.2. The van der Waals surface area contributed by atoms with E-state index in [-0.39, 0.29) is 0 Å². The van der Waals surface area contributed by atoms with Gasteiger partial charge in [0, 0.05) is 6.92 Å². The van der Waals surface area contributed by atoms with Crippen molar-refractivity contribution in [3.05, 3.63) is 28.0 Å². The molecule has 0 spiro atoms. The summed E-state index contributed by atoms with van der Waals surface area (Å²) in [7, 11) is 0. The molecule has 1 rings (SSSR count). The van der Waals surface area contributed by atoms with Gasteiger partial charge in [0.1, 0.15) is 11.7 Å². The highest BCUT2D eigenvalue weighted by Crippen LogP contribution is 2.19. The Kier molecular flexibility index (Phi) is 5.51. The predicted octanol–water partition coefficient (Wildman–Crippen LogP) is 3.42. The summed E-state index contributed by atoms with van der Waals surface area (Å²) >= 11 is 1.53. The summed E-state index contributed by atoms with van der Waals surface area (Å²) in [6, 6.07) is 1.88. The fourth-order valence-corrected chi connectivity index (χ4v) is 2.15. The second kappa shape index (κ2) is 6.70.